The molecule has 0 atom stereocenters. The van der Waals surface area contributed by atoms with Crippen LogP contribution in [0.15, 0.2) is 43.0 Å². The van der Waals surface area contributed by atoms with Crippen LogP contribution in [0.25, 0.3) is 0 Å². The van der Waals surface area contributed by atoms with Gasteiger partial charge in [-0.2, -0.15) is 0 Å². The minimum atomic E-state index is 0.134. The summed E-state index contributed by atoms with van der Waals surface area (Å²) < 4.78 is 0. The van der Waals surface area contributed by atoms with Gasteiger partial charge in [0.2, 0.25) is 5.91 Å². The van der Waals surface area contributed by atoms with Gasteiger partial charge < -0.3 is 5.32 Å². The van der Waals surface area contributed by atoms with Gasteiger partial charge in [-0.1, -0.05) is 49.2 Å². The van der Waals surface area contributed by atoms with Gasteiger partial charge in [0.1, 0.15) is 0 Å². The lowest BCUT2D eigenvalue weighted by Crippen LogP contribution is -2.41. The number of rotatable bonds is 7. The molecule has 1 aromatic rings. The zero-order valence-electron chi connectivity index (χ0n) is 12.1. The summed E-state index contributed by atoms with van der Waals surface area (Å²) >= 11 is 0. The first-order valence-electron chi connectivity index (χ1n) is 7.44. The van der Waals surface area contributed by atoms with Gasteiger partial charge in [0.15, 0.2) is 0 Å². The van der Waals surface area contributed by atoms with Crippen LogP contribution < -0.4 is 5.32 Å². The second-order valence-electron chi connectivity index (χ2n) is 5.49. The van der Waals surface area contributed by atoms with Crippen molar-refractivity contribution in [3.63, 3.8) is 0 Å². The van der Waals surface area contributed by atoms with Crippen molar-refractivity contribution in [2.75, 3.05) is 13.1 Å². The van der Waals surface area contributed by atoms with Crippen molar-refractivity contribution in [3.05, 3.63) is 48.6 Å². The van der Waals surface area contributed by atoms with Gasteiger partial charge in [-0.05, 0) is 18.4 Å². The maximum atomic E-state index is 12.1. The van der Waals surface area contributed by atoms with Crippen LogP contribution in [-0.4, -0.2) is 29.9 Å². The summed E-state index contributed by atoms with van der Waals surface area (Å²) in [6, 6.07) is 10.6. The van der Waals surface area contributed by atoms with Crippen LogP contribution in [0, 0.1) is 0 Å². The van der Waals surface area contributed by atoms with E-state index in [-0.39, 0.29) is 5.91 Å². The summed E-state index contributed by atoms with van der Waals surface area (Å²) in [7, 11) is 0. The van der Waals surface area contributed by atoms with E-state index < -0.39 is 0 Å². The lowest BCUT2D eigenvalue weighted by molar-refractivity contribution is -0.122. The molecule has 0 aliphatic heterocycles. The van der Waals surface area contributed by atoms with Gasteiger partial charge in [-0.15, -0.1) is 6.58 Å². The highest BCUT2D eigenvalue weighted by molar-refractivity contribution is 5.78. The van der Waals surface area contributed by atoms with E-state index in [0.717, 1.165) is 25.9 Å². The van der Waals surface area contributed by atoms with Crippen molar-refractivity contribution in [2.24, 2.45) is 0 Å². The average Bonchev–Trinajstić information content (AvgIpc) is 2.93. The molecule has 1 aliphatic carbocycles. The molecule has 0 radical (unpaired) electrons. The highest BCUT2D eigenvalue weighted by Gasteiger charge is 2.18. The normalized spacial score (nSPS) is 15.4. The molecule has 1 aliphatic rings. The Labute approximate surface area is 121 Å². The van der Waals surface area contributed by atoms with Crippen LogP contribution in [0.4, 0.5) is 0 Å². The van der Waals surface area contributed by atoms with Crippen LogP contribution in [0.5, 0.6) is 0 Å². The summed E-state index contributed by atoms with van der Waals surface area (Å²) in [6.07, 6.45) is 6.60. The van der Waals surface area contributed by atoms with Crippen molar-refractivity contribution in [1.82, 2.24) is 10.2 Å². The largest absolute Gasteiger partial charge is 0.352 e. The smallest absolute Gasteiger partial charge is 0.234 e. The summed E-state index contributed by atoms with van der Waals surface area (Å²) in [4.78, 5) is 14.2. The van der Waals surface area contributed by atoms with Crippen molar-refractivity contribution in [1.29, 1.82) is 0 Å². The molecular formula is C17H24N2O. The lowest BCUT2D eigenvalue weighted by atomic mass is 10.2. The molecule has 108 valence electrons. The maximum absolute atomic E-state index is 12.1. The number of carbonyl (C=O) groups is 1. The Balaban J connectivity index is 1.84. The predicted octanol–water partition coefficient (Wildman–Crippen LogP) is 2.73. The third kappa shape index (κ3) is 4.82. The van der Waals surface area contributed by atoms with Crippen LogP contribution in [0.2, 0.25) is 0 Å². The molecule has 0 saturated heterocycles. The highest BCUT2D eigenvalue weighted by Crippen LogP contribution is 2.17. The van der Waals surface area contributed by atoms with E-state index in [1.807, 2.05) is 24.3 Å². The number of carbonyl (C=O) groups excluding carboxylic acids is 1. The first-order valence-corrected chi connectivity index (χ1v) is 7.44. The van der Waals surface area contributed by atoms with E-state index in [0.29, 0.717) is 12.6 Å². The molecule has 1 aromatic carbocycles. The number of nitrogens with one attached hydrogen (secondary N) is 1. The Bertz CT molecular complexity index is 424. The molecular weight excluding hydrogens is 248 g/mol. The molecule has 0 aromatic heterocycles. The minimum absolute atomic E-state index is 0.134. The Morgan fingerprint density at radius 2 is 2.00 bits per heavy atom. The van der Waals surface area contributed by atoms with Crippen molar-refractivity contribution >= 4 is 5.91 Å². The fraction of sp³-hybridized carbons (Fsp3) is 0.471. The summed E-state index contributed by atoms with van der Waals surface area (Å²) in [5, 5.41) is 3.14. The number of hydrogen-bond acceptors (Lipinski definition) is 2. The van der Waals surface area contributed by atoms with E-state index in [9.17, 15) is 4.79 Å². The number of hydrogen-bond donors (Lipinski definition) is 1. The summed E-state index contributed by atoms with van der Waals surface area (Å²) in [6.45, 7) is 5.73. The Morgan fingerprint density at radius 3 is 2.65 bits per heavy atom. The van der Waals surface area contributed by atoms with Crippen LogP contribution in [-0.2, 0) is 11.3 Å². The molecule has 1 saturated carbocycles. The van der Waals surface area contributed by atoms with Gasteiger partial charge in [0.05, 0.1) is 6.54 Å². The molecule has 1 amide bonds. The van der Waals surface area contributed by atoms with Crippen molar-refractivity contribution in [3.8, 4) is 0 Å². The number of benzene rings is 1. The van der Waals surface area contributed by atoms with Gasteiger partial charge in [0, 0.05) is 19.1 Å². The van der Waals surface area contributed by atoms with Crippen molar-refractivity contribution in [2.45, 2.75) is 38.3 Å². The predicted molar refractivity (Wildman–Crippen MR) is 82.3 cm³/mol. The van der Waals surface area contributed by atoms with Gasteiger partial charge in [0.25, 0.3) is 0 Å². The number of nitrogens with zero attached hydrogens (tertiary/aromatic N) is 1. The first-order chi connectivity index (χ1) is 9.78. The van der Waals surface area contributed by atoms with E-state index in [4.69, 9.17) is 0 Å². The minimum Gasteiger partial charge on any atom is -0.352 e. The zero-order valence-corrected chi connectivity index (χ0v) is 12.1. The van der Waals surface area contributed by atoms with Gasteiger partial charge >= 0.3 is 0 Å². The molecule has 2 rings (SSSR count). The second-order valence-corrected chi connectivity index (χ2v) is 5.49. The summed E-state index contributed by atoms with van der Waals surface area (Å²) in [5.74, 6) is 0.134. The monoisotopic (exact) mass is 272 g/mol. The SMILES string of the molecule is C=CCN(CC(=O)NC1CCCC1)Cc1ccccc1. The fourth-order valence-electron chi connectivity index (χ4n) is 2.76. The quantitative estimate of drug-likeness (QED) is 0.774. The van der Waals surface area contributed by atoms with E-state index >= 15 is 0 Å². The Kier molecular flexibility index (Phi) is 5.81. The molecule has 3 heteroatoms. The molecule has 0 bridgehead atoms. The van der Waals surface area contributed by atoms with E-state index in [1.165, 1.54) is 18.4 Å². The fourth-order valence-corrected chi connectivity index (χ4v) is 2.76. The average molecular weight is 272 g/mol. The lowest BCUT2D eigenvalue weighted by Gasteiger charge is -2.21. The van der Waals surface area contributed by atoms with Crippen LogP contribution in [0.3, 0.4) is 0 Å². The van der Waals surface area contributed by atoms with Crippen LogP contribution >= 0.6 is 0 Å². The summed E-state index contributed by atoms with van der Waals surface area (Å²) in [5.41, 5.74) is 1.23. The van der Waals surface area contributed by atoms with Gasteiger partial charge in [-0.3, -0.25) is 9.69 Å². The zero-order chi connectivity index (χ0) is 14.2. The Morgan fingerprint density at radius 1 is 1.30 bits per heavy atom. The van der Waals surface area contributed by atoms with E-state index in [1.54, 1.807) is 0 Å². The molecule has 0 spiro atoms. The topological polar surface area (TPSA) is 32.3 Å². The molecule has 1 N–H and O–H groups in total. The maximum Gasteiger partial charge on any atom is 0.234 e. The van der Waals surface area contributed by atoms with Crippen LogP contribution in [0.1, 0.15) is 31.2 Å². The second kappa shape index (κ2) is 7.85. The van der Waals surface area contributed by atoms with Gasteiger partial charge in [-0.25, -0.2) is 0 Å². The third-order valence-corrected chi connectivity index (χ3v) is 3.72. The molecule has 3 nitrogen and oxygen atoms in total. The molecule has 0 unspecified atom stereocenters. The molecule has 0 heterocycles. The Hall–Kier alpha value is -1.61. The molecule has 1 fully saturated rings. The third-order valence-electron chi connectivity index (χ3n) is 3.72. The standard InChI is InChI=1S/C17H24N2O/c1-2-12-19(13-15-8-4-3-5-9-15)14-17(20)18-16-10-6-7-11-16/h2-5,8-9,16H,1,6-7,10-14H2,(H,18,20). The van der Waals surface area contributed by atoms with E-state index in [2.05, 4.69) is 28.9 Å². The van der Waals surface area contributed by atoms with Crippen molar-refractivity contribution < 1.29 is 4.79 Å². The first kappa shape index (κ1) is 14.8. The molecule has 20 heavy (non-hydrogen) atoms. The number of amides is 1. The highest BCUT2D eigenvalue weighted by atomic mass is 16.2.